The number of benzene rings is 2. The molecule has 1 amide bonds. The van der Waals surface area contributed by atoms with Crippen molar-refractivity contribution in [1.29, 1.82) is 0 Å². The lowest BCUT2D eigenvalue weighted by Crippen LogP contribution is -2.30. The Morgan fingerprint density at radius 2 is 1.68 bits per heavy atom. The highest BCUT2D eigenvalue weighted by Gasteiger charge is 2.44. The SMILES string of the molecule is Cc1ccc(N2C(=O)c3oc4cc(C)c(C)cc4c(=O)c3[C@H]2c2ccc(O)cc2)nc1. The molecule has 2 aromatic heterocycles. The first-order valence-corrected chi connectivity index (χ1v) is 9.98. The number of carbonyl (C=O) groups is 1. The fraction of sp³-hybridized carbons (Fsp3) is 0.160. The van der Waals surface area contributed by atoms with E-state index in [4.69, 9.17) is 4.42 Å². The van der Waals surface area contributed by atoms with Crippen molar-refractivity contribution in [3.8, 4) is 5.75 Å². The number of phenols is 1. The zero-order chi connectivity index (χ0) is 21.9. The summed E-state index contributed by atoms with van der Waals surface area (Å²) in [5, 5.41) is 10.2. The summed E-state index contributed by atoms with van der Waals surface area (Å²) in [6.07, 6.45) is 1.68. The molecule has 0 saturated carbocycles. The number of aryl methyl sites for hydroxylation is 3. The van der Waals surface area contributed by atoms with Gasteiger partial charge in [0.05, 0.1) is 17.0 Å². The van der Waals surface area contributed by atoms with Crippen molar-refractivity contribution in [3.05, 3.63) is 98.5 Å². The lowest BCUT2D eigenvalue weighted by Gasteiger charge is -2.24. The number of fused-ring (bicyclic) bond motifs is 2. The smallest absolute Gasteiger partial charge is 0.296 e. The molecule has 1 N–H and O–H groups in total. The van der Waals surface area contributed by atoms with Crippen LogP contribution in [-0.4, -0.2) is 16.0 Å². The van der Waals surface area contributed by atoms with E-state index >= 15 is 0 Å². The number of carbonyl (C=O) groups excluding carboxylic acids is 1. The molecular weight excluding hydrogens is 392 g/mol. The van der Waals surface area contributed by atoms with E-state index in [9.17, 15) is 14.7 Å². The van der Waals surface area contributed by atoms with E-state index in [1.807, 2.05) is 32.9 Å². The lowest BCUT2D eigenvalue weighted by molar-refractivity contribution is 0.0970. The number of phenolic OH excluding ortho intramolecular Hbond substituents is 1. The van der Waals surface area contributed by atoms with E-state index in [2.05, 4.69) is 4.98 Å². The first-order valence-electron chi connectivity index (χ1n) is 9.98. The number of aromatic nitrogens is 1. The minimum Gasteiger partial charge on any atom is -0.508 e. The molecule has 0 saturated heterocycles. The molecule has 0 unspecified atom stereocenters. The summed E-state index contributed by atoms with van der Waals surface area (Å²) in [6, 6.07) is 13.0. The number of pyridine rings is 1. The highest BCUT2D eigenvalue weighted by molar-refractivity contribution is 6.10. The summed E-state index contributed by atoms with van der Waals surface area (Å²) < 4.78 is 6.02. The molecule has 4 aromatic rings. The zero-order valence-electron chi connectivity index (χ0n) is 17.3. The molecule has 6 heteroatoms. The van der Waals surface area contributed by atoms with Gasteiger partial charge in [-0.15, -0.1) is 0 Å². The van der Waals surface area contributed by atoms with Crippen LogP contribution >= 0.6 is 0 Å². The highest BCUT2D eigenvalue weighted by atomic mass is 16.3. The van der Waals surface area contributed by atoms with Crippen LogP contribution in [0.4, 0.5) is 5.82 Å². The Hall–Kier alpha value is -3.93. The molecule has 1 aliphatic rings. The number of aromatic hydroxyl groups is 1. The second-order valence-electron chi connectivity index (χ2n) is 7.97. The maximum Gasteiger partial charge on any atom is 0.296 e. The minimum atomic E-state index is -0.708. The number of hydrogen-bond donors (Lipinski definition) is 1. The number of hydrogen-bond acceptors (Lipinski definition) is 5. The predicted octanol–water partition coefficient (Wildman–Crippen LogP) is 4.57. The van der Waals surface area contributed by atoms with Crippen LogP contribution in [-0.2, 0) is 0 Å². The number of amides is 1. The molecule has 1 atom stereocenters. The Morgan fingerprint density at radius 1 is 0.968 bits per heavy atom. The Kier molecular flexibility index (Phi) is 4.18. The maximum atomic E-state index is 13.6. The quantitative estimate of drug-likeness (QED) is 0.521. The van der Waals surface area contributed by atoms with Crippen molar-refractivity contribution in [2.45, 2.75) is 26.8 Å². The molecule has 154 valence electrons. The summed E-state index contributed by atoms with van der Waals surface area (Å²) in [5.74, 6) is 0.142. The van der Waals surface area contributed by atoms with Crippen LogP contribution in [0.3, 0.4) is 0 Å². The predicted molar refractivity (Wildman–Crippen MR) is 118 cm³/mol. The Morgan fingerprint density at radius 3 is 2.35 bits per heavy atom. The maximum absolute atomic E-state index is 13.6. The van der Waals surface area contributed by atoms with Crippen molar-refractivity contribution in [3.63, 3.8) is 0 Å². The largest absolute Gasteiger partial charge is 0.508 e. The van der Waals surface area contributed by atoms with Crippen LogP contribution in [0.5, 0.6) is 5.75 Å². The summed E-state index contributed by atoms with van der Waals surface area (Å²) in [5.41, 5.74) is 4.04. The second-order valence-corrected chi connectivity index (χ2v) is 7.97. The van der Waals surface area contributed by atoms with Gasteiger partial charge in [0.2, 0.25) is 5.76 Å². The van der Waals surface area contributed by atoms with E-state index in [1.165, 1.54) is 17.0 Å². The third-order valence-electron chi connectivity index (χ3n) is 5.84. The molecule has 3 heterocycles. The minimum absolute atomic E-state index is 0.0289. The Balaban J connectivity index is 1.82. The number of anilines is 1. The standard InChI is InChI=1S/C25H20N2O4/c1-13-4-9-20(26-12-13)27-22(16-5-7-17(28)8-6-16)21-23(29)18-10-14(2)15(3)11-19(18)31-24(21)25(27)30/h4-12,22,28H,1-3H3/t22-/m1/s1. The molecule has 0 bridgehead atoms. The van der Waals surface area contributed by atoms with E-state index < -0.39 is 11.9 Å². The molecule has 31 heavy (non-hydrogen) atoms. The topological polar surface area (TPSA) is 83.6 Å². The zero-order valence-corrected chi connectivity index (χ0v) is 17.3. The van der Waals surface area contributed by atoms with Crippen LogP contribution in [0.2, 0.25) is 0 Å². The summed E-state index contributed by atoms with van der Waals surface area (Å²) in [6.45, 7) is 5.79. The van der Waals surface area contributed by atoms with Crippen molar-refractivity contribution >= 4 is 22.7 Å². The van der Waals surface area contributed by atoms with E-state index in [-0.39, 0.29) is 22.5 Å². The van der Waals surface area contributed by atoms with Crippen molar-refractivity contribution < 1.29 is 14.3 Å². The average molecular weight is 412 g/mol. The van der Waals surface area contributed by atoms with Gasteiger partial charge in [-0.25, -0.2) is 4.98 Å². The molecule has 0 fully saturated rings. The molecule has 0 spiro atoms. The van der Waals surface area contributed by atoms with E-state index in [1.54, 1.807) is 30.5 Å². The normalized spacial score (nSPS) is 15.5. The van der Waals surface area contributed by atoms with Gasteiger partial charge in [0, 0.05) is 6.20 Å². The van der Waals surface area contributed by atoms with Crippen LogP contribution in [0, 0.1) is 20.8 Å². The van der Waals surface area contributed by atoms with Crippen LogP contribution in [0.1, 0.15) is 44.4 Å². The van der Waals surface area contributed by atoms with Gasteiger partial charge in [0.15, 0.2) is 5.43 Å². The van der Waals surface area contributed by atoms with E-state index in [0.29, 0.717) is 22.4 Å². The van der Waals surface area contributed by atoms with Crippen LogP contribution < -0.4 is 10.3 Å². The number of rotatable bonds is 2. The Bertz CT molecular complexity index is 1400. The second kappa shape index (κ2) is 6.80. The van der Waals surface area contributed by atoms with Gasteiger partial charge >= 0.3 is 0 Å². The first-order chi connectivity index (χ1) is 14.8. The van der Waals surface area contributed by atoms with Gasteiger partial charge in [0.1, 0.15) is 17.2 Å². The van der Waals surface area contributed by atoms with Crippen molar-refractivity contribution in [2.75, 3.05) is 4.90 Å². The monoisotopic (exact) mass is 412 g/mol. The summed E-state index contributed by atoms with van der Waals surface area (Å²) in [4.78, 5) is 33.0. The fourth-order valence-electron chi connectivity index (χ4n) is 4.04. The first kappa shape index (κ1) is 19.1. The average Bonchev–Trinajstić information content (AvgIpc) is 3.04. The van der Waals surface area contributed by atoms with Crippen molar-refractivity contribution in [1.82, 2.24) is 4.98 Å². The molecule has 1 aliphatic heterocycles. The van der Waals surface area contributed by atoms with Gasteiger partial charge in [-0.2, -0.15) is 0 Å². The van der Waals surface area contributed by atoms with Crippen LogP contribution in [0.25, 0.3) is 11.0 Å². The lowest BCUT2D eigenvalue weighted by atomic mass is 9.97. The van der Waals surface area contributed by atoms with Crippen LogP contribution in [0.15, 0.2) is 63.9 Å². The summed E-state index contributed by atoms with van der Waals surface area (Å²) in [7, 11) is 0. The van der Waals surface area contributed by atoms with Gasteiger partial charge in [0.25, 0.3) is 5.91 Å². The van der Waals surface area contributed by atoms with Gasteiger partial charge < -0.3 is 9.52 Å². The van der Waals surface area contributed by atoms with E-state index in [0.717, 1.165) is 16.7 Å². The highest BCUT2D eigenvalue weighted by Crippen LogP contribution is 2.41. The fourth-order valence-corrected chi connectivity index (χ4v) is 4.04. The molecule has 5 rings (SSSR count). The van der Waals surface area contributed by atoms with Gasteiger partial charge in [-0.05, 0) is 73.4 Å². The molecule has 0 radical (unpaired) electrons. The van der Waals surface area contributed by atoms with Gasteiger partial charge in [-0.3, -0.25) is 14.5 Å². The molecular formula is C25H20N2O4. The van der Waals surface area contributed by atoms with Crippen molar-refractivity contribution in [2.24, 2.45) is 0 Å². The molecule has 2 aromatic carbocycles. The third kappa shape index (κ3) is 2.91. The summed E-state index contributed by atoms with van der Waals surface area (Å²) >= 11 is 0. The molecule has 0 aliphatic carbocycles. The Labute approximate surface area is 178 Å². The third-order valence-corrected chi connectivity index (χ3v) is 5.84. The molecule has 6 nitrogen and oxygen atoms in total. The number of nitrogens with zero attached hydrogens (tertiary/aromatic N) is 2. The van der Waals surface area contributed by atoms with Gasteiger partial charge in [-0.1, -0.05) is 18.2 Å².